The van der Waals surface area contributed by atoms with E-state index in [1.54, 1.807) is 37.3 Å². The summed E-state index contributed by atoms with van der Waals surface area (Å²) in [5.74, 6) is -0.0472. The summed E-state index contributed by atoms with van der Waals surface area (Å²) in [6.45, 7) is 2.07. The molecule has 0 saturated heterocycles. The molecular weight excluding hydrogens is 684 g/mol. The molecule has 0 fully saturated rings. The first-order chi connectivity index (χ1) is 16.2. The topological polar surface area (TPSA) is 105 Å². The molecule has 0 atom stereocenters. The molecule has 0 aliphatic heterocycles. The van der Waals surface area contributed by atoms with Crippen LogP contribution in [0, 0.1) is 35.5 Å². The number of benzene rings is 3. The van der Waals surface area contributed by atoms with E-state index in [9.17, 15) is 20.2 Å². The van der Waals surface area contributed by atoms with Gasteiger partial charge in [0.05, 0.1) is 12.1 Å². The van der Waals surface area contributed by atoms with Crippen molar-refractivity contribution in [2.75, 3.05) is 5.32 Å². The van der Waals surface area contributed by atoms with Crippen LogP contribution in [-0.4, -0.2) is 10.8 Å². The zero-order valence-electron chi connectivity index (χ0n) is 17.6. The minimum Gasteiger partial charge on any atom is -0.487 e. The van der Waals surface area contributed by atoms with Crippen LogP contribution in [0.2, 0.25) is 5.02 Å². The predicted molar refractivity (Wildman–Crippen MR) is 148 cm³/mol. The standard InChI is InChI=1S/C24H16ClI2N3O4/c1-14-2-7-21(22(8-14)30(32)33)29-24(31)17(12-28)9-16-10-19(26)23(20(27)11-16)34-13-15-3-5-18(25)6-4-15/h2-11H,13H2,1H3,(H,29,31)/b17-9+. The molecule has 0 unspecified atom stereocenters. The Balaban J connectivity index is 1.80. The minimum absolute atomic E-state index is 0.0249. The normalized spacial score (nSPS) is 11.0. The van der Waals surface area contributed by atoms with E-state index in [0.29, 0.717) is 28.5 Å². The van der Waals surface area contributed by atoms with E-state index in [4.69, 9.17) is 16.3 Å². The van der Waals surface area contributed by atoms with Gasteiger partial charge < -0.3 is 10.1 Å². The largest absolute Gasteiger partial charge is 0.487 e. The van der Waals surface area contributed by atoms with Crippen LogP contribution in [0.1, 0.15) is 16.7 Å². The Hall–Kier alpha value is -2.69. The van der Waals surface area contributed by atoms with Gasteiger partial charge in [0.2, 0.25) is 0 Å². The Bertz CT molecular complexity index is 1310. The first-order valence-corrected chi connectivity index (χ1v) is 12.3. The Kier molecular flexibility index (Phi) is 8.87. The number of aryl methyl sites for hydroxylation is 1. The van der Waals surface area contributed by atoms with Crippen LogP contribution in [0.15, 0.2) is 60.2 Å². The van der Waals surface area contributed by atoms with Gasteiger partial charge in [-0.1, -0.05) is 29.8 Å². The Morgan fingerprint density at radius 3 is 2.41 bits per heavy atom. The molecule has 172 valence electrons. The Labute approximate surface area is 228 Å². The number of hydrogen-bond acceptors (Lipinski definition) is 5. The lowest BCUT2D eigenvalue weighted by molar-refractivity contribution is -0.384. The molecule has 3 aromatic rings. The Morgan fingerprint density at radius 1 is 1.18 bits per heavy atom. The van der Waals surface area contributed by atoms with E-state index in [-0.39, 0.29) is 16.9 Å². The molecule has 1 amide bonds. The summed E-state index contributed by atoms with van der Waals surface area (Å²) < 4.78 is 7.57. The predicted octanol–water partition coefficient (Wildman–Crippen LogP) is 6.89. The molecule has 0 spiro atoms. The summed E-state index contributed by atoms with van der Waals surface area (Å²) in [7, 11) is 0. The quantitative estimate of drug-likeness (QED) is 0.0951. The van der Waals surface area contributed by atoms with E-state index in [1.807, 2.05) is 18.2 Å². The van der Waals surface area contributed by atoms with Gasteiger partial charge in [-0.3, -0.25) is 14.9 Å². The molecule has 0 heterocycles. The van der Waals surface area contributed by atoms with Crippen LogP contribution in [0.25, 0.3) is 6.08 Å². The van der Waals surface area contributed by atoms with Crippen molar-refractivity contribution < 1.29 is 14.5 Å². The first-order valence-electron chi connectivity index (χ1n) is 9.72. The number of nitriles is 1. The third-order valence-electron chi connectivity index (χ3n) is 4.59. The van der Waals surface area contributed by atoms with Gasteiger partial charge >= 0.3 is 0 Å². The lowest BCUT2D eigenvalue weighted by Gasteiger charge is -2.12. The van der Waals surface area contributed by atoms with E-state index in [2.05, 4.69) is 50.5 Å². The second-order valence-corrected chi connectivity index (χ2v) is 9.89. The second kappa shape index (κ2) is 11.6. The third kappa shape index (κ3) is 6.68. The summed E-state index contributed by atoms with van der Waals surface area (Å²) in [6, 6.07) is 17.3. The van der Waals surface area contributed by atoms with Crippen LogP contribution >= 0.6 is 56.8 Å². The molecule has 1 N–H and O–H groups in total. The maximum absolute atomic E-state index is 12.7. The molecular formula is C24H16ClI2N3O4. The number of carbonyl (C=O) groups excluding carboxylic acids is 1. The van der Waals surface area contributed by atoms with Gasteiger partial charge in [0.15, 0.2) is 0 Å². The van der Waals surface area contributed by atoms with Gasteiger partial charge in [0.25, 0.3) is 11.6 Å². The summed E-state index contributed by atoms with van der Waals surface area (Å²) in [6.07, 6.45) is 1.43. The lowest BCUT2D eigenvalue weighted by atomic mass is 10.1. The van der Waals surface area contributed by atoms with Crippen molar-refractivity contribution in [3.05, 3.63) is 99.1 Å². The highest BCUT2D eigenvalue weighted by molar-refractivity contribution is 14.1. The van der Waals surface area contributed by atoms with Crippen molar-refractivity contribution in [2.45, 2.75) is 13.5 Å². The average Bonchev–Trinajstić information content (AvgIpc) is 2.79. The molecule has 3 aromatic carbocycles. The van der Waals surface area contributed by atoms with Crippen molar-refractivity contribution in [3.63, 3.8) is 0 Å². The van der Waals surface area contributed by atoms with Gasteiger partial charge in [0.1, 0.15) is 29.7 Å². The SMILES string of the molecule is Cc1ccc(NC(=O)/C(C#N)=C/c2cc(I)c(OCc3ccc(Cl)cc3)c(I)c2)c([N+](=O)[O-])c1. The summed E-state index contributed by atoms with van der Waals surface area (Å²) in [4.78, 5) is 23.4. The molecule has 10 heteroatoms. The Morgan fingerprint density at radius 2 is 1.82 bits per heavy atom. The molecule has 0 bridgehead atoms. The highest BCUT2D eigenvalue weighted by atomic mass is 127. The zero-order chi connectivity index (χ0) is 24.8. The number of anilines is 1. The summed E-state index contributed by atoms with van der Waals surface area (Å²) in [5.41, 5.74) is 1.87. The third-order valence-corrected chi connectivity index (χ3v) is 6.45. The molecule has 7 nitrogen and oxygen atoms in total. The van der Waals surface area contributed by atoms with E-state index < -0.39 is 10.8 Å². The molecule has 0 radical (unpaired) electrons. The fourth-order valence-corrected chi connectivity index (χ4v) is 5.19. The van der Waals surface area contributed by atoms with Crippen molar-refractivity contribution in [3.8, 4) is 11.8 Å². The lowest BCUT2D eigenvalue weighted by Crippen LogP contribution is -2.14. The number of ether oxygens (including phenoxy) is 1. The summed E-state index contributed by atoms with van der Waals surface area (Å²) >= 11 is 10.2. The number of nitro benzene ring substituents is 1. The van der Waals surface area contributed by atoms with Crippen molar-refractivity contribution in [1.82, 2.24) is 0 Å². The van der Waals surface area contributed by atoms with Crippen LogP contribution < -0.4 is 10.1 Å². The van der Waals surface area contributed by atoms with Gasteiger partial charge in [0, 0.05) is 11.1 Å². The van der Waals surface area contributed by atoms with E-state index in [1.165, 1.54) is 18.2 Å². The van der Waals surface area contributed by atoms with Crippen molar-refractivity contribution in [2.24, 2.45) is 0 Å². The second-order valence-electron chi connectivity index (χ2n) is 7.13. The van der Waals surface area contributed by atoms with Gasteiger partial charge in [-0.15, -0.1) is 0 Å². The van der Waals surface area contributed by atoms with Gasteiger partial charge in [-0.05, 0) is 105 Å². The molecule has 0 aromatic heterocycles. The minimum atomic E-state index is -0.734. The number of carbonyl (C=O) groups is 1. The summed E-state index contributed by atoms with van der Waals surface area (Å²) in [5, 5.41) is 24.0. The smallest absolute Gasteiger partial charge is 0.293 e. The highest BCUT2D eigenvalue weighted by Gasteiger charge is 2.18. The van der Waals surface area contributed by atoms with E-state index >= 15 is 0 Å². The van der Waals surface area contributed by atoms with Crippen LogP contribution in [0.5, 0.6) is 5.75 Å². The number of nitrogens with zero attached hydrogens (tertiary/aromatic N) is 2. The fourth-order valence-electron chi connectivity index (χ4n) is 2.94. The zero-order valence-corrected chi connectivity index (χ0v) is 22.7. The molecule has 0 saturated carbocycles. The number of hydrogen-bond donors (Lipinski definition) is 1. The van der Waals surface area contributed by atoms with Crippen molar-refractivity contribution >= 4 is 80.1 Å². The van der Waals surface area contributed by atoms with Crippen LogP contribution in [-0.2, 0) is 11.4 Å². The van der Waals surface area contributed by atoms with Crippen LogP contribution in [0.3, 0.4) is 0 Å². The number of rotatable bonds is 7. The van der Waals surface area contributed by atoms with Crippen molar-refractivity contribution in [1.29, 1.82) is 5.26 Å². The molecule has 0 aliphatic carbocycles. The average molecular weight is 700 g/mol. The number of amides is 1. The fraction of sp³-hybridized carbons (Fsp3) is 0.0833. The van der Waals surface area contributed by atoms with Gasteiger partial charge in [-0.2, -0.15) is 5.26 Å². The van der Waals surface area contributed by atoms with E-state index in [0.717, 1.165) is 12.7 Å². The molecule has 34 heavy (non-hydrogen) atoms. The maximum Gasteiger partial charge on any atom is 0.293 e. The maximum atomic E-state index is 12.7. The molecule has 3 rings (SSSR count). The van der Waals surface area contributed by atoms with Gasteiger partial charge in [-0.25, -0.2) is 0 Å². The van der Waals surface area contributed by atoms with Crippen LogP contribution in [0.4, 0.5) is 11.4 Å². The molecule has 0 aliphatic rings. The number of nitro groups is 1. The number of nitrogens with one attached hydrogen (secondary N) is 1. The highest BCUT2D eigenvalue weighted by Crippen LogP contribution is 2.31. The number of halogens is 3. The first kappa shape index (κ1) is 25.9. The monoisotopic (exact) mass is 699 g/mol.